The van der Waals surface area contributed by atoms with Crippen LogP contribution >= 0.6 is 0 Å². The first kappa shape index (κ1) is 14.5. The largest absolute Gasteiger partial charge is 0.394 e. The lowest BCUT2D eigenvalue weighted by molar-refractivity contribution is 0.205. The molecule has 0 saturated heterocycles. The van der Waals surface area contributed by atoms with Gasteiger partial charge in [-0.25, -0.2) is 0 Å². The number of hydrogen-bond acceptors (Lipinski definition) is 2. The predicted molar refractivity (Wildman–Crippen MR) is 80.1 cm³/mol. The number of aliphatic hydroxyl groups excluding tert-OH is 1. The van der Waals surface area contributed by atoms with Crippen LogP contribution in [0.4, 0.5) is 0 Å². The van der Waals surface area contributed by atoms with E-state index < -0.39 is 0 Å². The van der Waals surface area contributed by atoms with Crippen LogP contribution in [-0.2, 0) is 0 Å². The average Bonchev–Trinajstić information content (AvgIpc) is 2.48. The highest BCUT2D eigenvalue weighted by molar-refractivity contribution is 5.19. The first-order valence-electron chi connectivity index (χ1n) is 7.75. The Kier molecular flexibility index (Phi) is 5.87. The molecule has 1 saturated carbocycles. The molecule has 0 amide bonds. The topological polar surface area (TPSA) is 32.3 Å². The monoisotopic (exact) mass is 261 g/mol. The van der Waals surface area contributed by atoms with Crippen molar-refractivity contribution >= 4 is 0 Å². The van der Waals surface area contributed by atoms with Crippen LogP contribution in [-0.4, -0.2) is 17.8 Å². The quantitative estimate of drug-likeness (QED) is 0.819. The van der Waals surface area contributed by atoms with Gasteiger partial charge in [0.15, 0.2) is 0 Å². The lowest BCUT2D eigenvalue weighted by Gasteiger charge is -2.32. The van der Waals surface area contributed by atoms with Gasteiger partial charge in [0.2, 0.25) is 0 Å². The maximum Gasteiger partial charge on any atom is 0.0626 e. The van der Waals surface area contributed by atoms with Crippen molar-refractivity contribution in [3.05, 3.63) is 35.9 Å². The number of hydrogen-bond donors (Lipinski definition) is 2. The summed E-state index contributed by atoms with van der Waals surface area (Å²) in [4.78, 5) is 0. The smallest absolute Gasteiger partial charge is 0.0626 e. The van der Waals surface area contributed by atoms with Gasteiger partial charge < -0.3 is 10.4 Å². The molecule has 0 aliphatic heterocycles. The van der Waals surface area contributed by atoms with E-state index in [-0.39, 0.29) is 12.6 Å². The summed E-state index contributed by atoms with van der Waals surface area (Å²) in [6.45, 7) is 2.46. The fourth-order valence-corrected chi connectivity index (χ4v) is 3.25. The normalized spacial score (nSPS) is 25.2. The molecule has 1 fully saturated rings. The Morgan fingerprint density at radius 1 is 1.16 bits per heavy atom. The second kappa shape index (κ2) is 7.66. The van der Waals surface area contributed by atoms with Crippen molar-refractivity contribution in [2.24, 2.45) is 5.92 Å². The van der Waals surface area contributed by atoms with E-state index in [2.05, 4.69) is 24.4 Å². The Morgan fingerprint density at radius 2 is 1.84 bits per heavy atom. The van der Waals surface area contributed by atoms with Gasteiger partial charge >= 0.3 is 0 Å². The molecule has 19 heavy (non-hydrogen) atoms. The third-order valence-corrected chi connectivity index (χ3v) is 4.37. The Bertz CT molecular complexity index is 344. The van der Waals surface area contributed by atoms with Crippen molar-refractivity contribution < 1.29 is 5.11 Å². The van der Waals surface area contributed by atoms with Crippen LogP contribution in [0.3, 0.4) is 0 Å². The summed E-state index contributed by atoms with van der Waals surface area (Å²) in [6, 6.07) is 11.0. The highest BCUT2D eigenvalue weighted by atomic mass is 16.3. The summed E-state index contributed by atoms with van der Waals surface area (Å²) in [5.74, 6) is 0.937. The first-order valence-corrected chi connectivity index (χ1v) is 7.75. The molecule has 1 aliphatic rings. The van der Waals surface area contributed by atoms with Crippen LogP contribution in [0.5, 0.6) is 0 Å². The van der Waals surface area contributed by atoms with Crippen LogP contribution in [0.15, 0.2) is 30.3 Å². The Labute approximate surface area is 117 Å². The van der Waals surface area contributed by atoms with Crippen molar-refractivity contribution in [2.75, 3.05) is 6.61 Å². The third kappa shape index (κ3) is 4.32. The van der Waals surface area contributed by atoms with E-state index in [0.717, 1.165) is 5.92 Å². The second-order valence-electron chi connectivity index (χ2n) is 5.82. The number of nitrogens with one attached hydrogen (secondary N) is 1. The van der Waals surface area contributed by atoms with Crippen LogP contribution in [0.2, 0.25) is 0 Å². The van der Waals surface area contributed by atoms with Crippen molar-refractivity contribution in [3.63, 3.8) is 0 Å². The number of rotatable bonds is 6. The van der Waals surface area contributed by atoms with Gasteiger partial charge in [0.05, 0.1) is 12.6 Å². The van der Waals surface area contributed by atoms with Crippen molar-refractivity contribution in [3.8, 4) is 0 Å². The van der Waals surface area contributed by atoms with Crippen molar-refractivity contribution in [1.82, 2.24) is 5.32 Å². The maximum absolute atomic E-state index is 9.58. The van der Waals surface area contributed by atoms with Crippen molar-refractivity contribution in [2.45, 2.75) is 57.5 Å². The molecule has 2 heteroatoms. The molecule has 1 aliphatic carbocycles. The van der Waals surface area contributed by atoms with E-state index in [1.54, 1.807) is 0 Å². The molecule has 2 nitrogen and oxygen atoms in total. The summed E-state index contributed by atoms with van der Waals surface area (Å²) in [5, 5.41) is 13.2. The molecule has 1 aromatic rings. The fraction of sp³-hybridized carbons (Fsp3) is 0.647. The minimum absolute atomic E-state index is 0.0916. The van der Waals surface area contributed by atoms with Crippen LogP contribution in [0.25, 0.3) is 0 Å². The zero-order valence-electron chi connectivity index (χ0n) is 12.0. The number of benzene rings is 1. The van der Waals surface area contributed by atoms with E-state index in [4.69, 9.17) is 0 Å². The molecule has 2 rings (SSSR count). The van der Waals surface area contributed by atoms with Crippen LogP contribution < -0.4 is 5.32 Å². The minimum Gasteiger partial charge on any atom is -0.394 e. The zero-order valence-corrected chi connectivity index (χ0v) is 12.0. The third-order valence-electron chi connectivity index (χ3n) is 4.37. The fourth-order valence-electron chi connectivity index (χ4n) is 3.25. The van der Waals surface area contributed by atoms with E-state index in [0.29, 0.717) is 6.04 Å². The van der Waals surface area contributed by atoms with Gasteiger partial charge in [0, 0.05) is 6.04 Å². The molecule has 0 radical (unpaired) electrons. The standard InChI is InChI=1S/C17H27NO/c1-2-6-14-9-11-16(12-10-14)18-17(13-19)15-7-4-3-5-8-15/h3-5,7-8,14,16-19H,2,6,9-13H2,1H3/t14?,16?,17-/m0/s1. The highest BCUT2D eigenvalue weighted by Gasteiger charge is 2.22. The molecule has 0 spiro atoms. The molecule has 0 aromatic heterocycles. The SMILES string of the molecule is CCCC1CCC(N[C@@H](CO)c2ccccc2)CC1. The zero-order chi connectivity index (χ0) is 13.5. The summed E-state index contributed by atoms with van der Waals surface area (Å²) < 4.78 is 0. The van der Waals surface area contributed by atoms with Crippen LogP contribution in [0, 0.1) is 5.92 Å². The molecule has 2 N–H and O–H groups in total. The highest BCUT2D eigenvalue weighted by Crippen LogP contribution is 2.29. The van der Waals surface area contributed by atoms with Gasteiger partial charge in [-0.1, -0.05) is 50.1 Å². The minimum atomic E-state index is 0.0916. The molecular formula is C17H27NO. The summed E-state index contributed by atoms with van der Waals surface area (Å²) >= 11 is 0. The number of aliphatic hydroxyl groups is 1. The Balaban J connectivity index is 1.84. The Hall–Kier alpha value is -0.860. The van der Waals surface area contributed by atoms with Gasteiger partial charge in [-0.15, -0.1) is 0 Å². The molecule has 106 valence electrons. The molecular weight excluding hydrogens is 234 g/mol. The van der Waals surface area contributed by atoms with Gasteiger partial charge in [-0.3, -0.25) is 0 Å². The molecule has 1 aromatic carbocycles. The van der Waals surface area contributed by atoms with Crippen LogP contribution in [0.1, 0.15) is 57.1 Å². The second-order valence-corrected chi connectivity index (χ2v) is 5.82. The van der Waals surface area contributed by atoms with Gasteiger partial charge in [-0.05, 0) is 37.2 Å². The van der Waals surface area contributed by atoms with E-state index in [1.165, 1.54) is 44.1 Å². The van der Waals surface area contributed by atoms with E-state index in [9.17, 15) is 5.11 Å². The van der Waals surface area contributed by atoms with Gasteiger partial charge in [0.25, 0.3) is 0 Å². The van der Waals surface area contributed by atoms with E-state index in [1.807, 2.05) is 18.2 Å². The first-order chi connectivity index (χ1) is 9.33. The summed E-state index contributed by atoms with van der Waals surface area (Å²) in [7, 11) is 0. The van der Waals surface area contributed by atoms with E-state index >= 15 is 0 Å². The van der Waals surface area contributed by atoms with Gasteiger partial charge in [-0.2, -0.15) is 0 Å². The lowest BCUT2D eigenvalue weighted by atomic mass is 9.83. The average molecular weight is 261 g/mol. The Morgan fingerprint density at radius 3 is 2.42 bits per heavy atom. The van der Waals surface area contributed by atoms with Gasteiger partial charge in [0.1, 0.15) is 0 Å². The molecule has 0 unspecified atom stereocenters. The summed E-state index contributed by atoms with van der Waals surface area (Å²) in [5.41, 5.74) is 1.20. The predicted octanol–water partition coefficient (Wildman–Crippen LogP) is 3.67. The molecule has 0 heterocycles. The van der Waals surface area contributed by atoms with Crippen molar-refractivity contribution in [1.29, 1.82) is 0 Å². The maximum atomic E-state index is 9.58. The summed E-state index contributed by atoms with van der Waals surface area (Å²) in [6.07, 6.45) is 7.90. The molecule has 1 atom stereocenters. The lowest BCUT2D eigenvalue weighted by Crippen LogP contribution is -2.37. The molecule has 0 bridgehead atoms.